The fourth-order valence-corrected chi connectivity index (χ4v) is 2.16. The minimum Gasteiger partial charge on any atom is -0.387 e. The summed E-state index contributed by atoms with van der Waals surface area (Å²) in [5.74, 6) is 0.699. The molecule has 1 aromatic carbocycles. The first kappa shape index (κ1) is 11.6. The molecule has 2 rings (SSSR count). The first-order valence-electron chi connectivity index (χ1n) is 5.91. The lowest BCUT2D eigenvalue weighted by Gasteiger charge is -2.07. The molecule has 4 heteroatoms. The number of amidine groups is 1. The van der Waals surface area contributed by atoms with Gasteiger partial charge in [-0.3, -0.25) is 4.79 Å². The lowest BCUT2D eigenvalue weighted by molar-refractivity contribution is 0.100. The topological polar surface area (TPSA) is 81.5 Å². The maximum absolute atomic E-state index is 10.9. The van der Waals surface area contributed by atoms with E-state index >= 15 is 0 Å². The molecule has 1 fully saturated rings. The first-order valence-corrected chi connectivity index (χ1v) is 5.91. The third-order valence-electron chi connectivity index (χ3n) is 3.18. The second kappa shape index (κ2) is 4.99. The van der Waals surface area contributed by atoms with E-state index in [0.29, 0.717) is 17.3 Å². The summed E-state index contributed by atoms with van der Waals surface area (Å²) in [6, 6.07) is 6.87. The summed E-state index contributed by atoms with van der Waals surface area (Å²) in [6.07, 6.45) is 4.74. The fraction of sp³-hybridized carbons (Fsp3) is 0.385. The van der Waals surface area contributed by atoms with E-state index in [-0.39, 0.29) is 0 Å². The van der Waals surface area contributed by atoms with Crippen molar-refractivity contribution in [2.75, 3.05) is 0 Å². The summed E-state index contributed by atoms with van der Waals surface area (Å²) in [6.45, 7) is 0. The Balaban J connectivity index is 2.11. The highest BCUT2D eigenvalue weighted by Crippen LogP contribution is 2.26. The Morgan fingerprint density at radius 3 is 2.24 bits per heavy atom. The Morgan fingerprint density at radius 2 is 1.71 bits per heavy atom. The number of hydrogen-bond donors (Lipinski definition) is 2. The van der Waals surface area contributed by atoms with E-state index in [1.165, 1.54) is 12.8 Å². The molecule has 0 saturated heterocycles. The second-order valence-corrected chi connectivity index (χ2v) is 4.43. The summed E-state index contributed by atoms with van der Waals surface area (Å²) in [5.41, 5.74) is 12.4. The summed E-state index contributed by atoms with van der Waals surface area (Å²) in [4.78, 5) is 15.3. The van der Waals surface area contributed by atoms with Crippen LogP contribution in [0.15, 0.2) is 29.3 Å². The van der Waals surface area contributed by atoms with Crippen LogP contribution in [0.3, 0.4) is 0 Å². The number of primary amides is 1. The Labute approximate surface area is 101 Å². The molecule has 0 aromatic heterocycles. The monoisotopic (exact) mass is 231 g/mol. The number of hydrogen-bond acceptors (Lipinski definition) is 2. The van der Waals surface area contributed by atoms with Crippen molar-refractivity contribution in [1.29, 1.82) is 0 Å². The standard InChI is InChI=1S/C13H17N3O/c14-12(9-3-1-2-4-9)16-11-7-5-10(6-8-11)13(15)17/h5-9H,1-4H2,(H2,14,16)(H2,15,17). The molecule has 0 radical (unpaired) electrons. The summed E-state index contributed by atoms with van der Waals surface area (Å²) < 4.78 is 0. The van der Waals surface area contributed by atoms with Crippen molar-refractivity contribution in [3.8, 4) is 0 Å². The van der Waals surface area contributed by atoms with Gasteiger partial charge in [-0.15, -0.1) is 0 Å². The number of carbonyl (C=O) groups excluding carboxylic acids is 1. The zero-order valence-corrected chi connectivity index (χ0v) is 9.73. The molecule has 1 aliphatic carbocycles. The van der Waals surface area contributed by atoms with Gasteiger partial charge in [0.05, 0.1) is 5.69 Å². The van der Waals surface area contributed by atoms with Crippen LogP contribution in [0.5, 0.6) is 0 Å². The van der Waals surface area contributed by atoms with Crippen LogP contribution in [0.25, 0.3) is 0 Å². The van der Waals surface area contributed by atoms with Gasteiger partial charge in [0.2, 0.25) is 5.91 Å². The Kier molecular flexibility index (Phi) is 3.42. The SMILES string of the molecule is NC(=O)c1ccc(N=C(N)C2CCCC2)cc1. The Morgan fingerprint density at radius 1 is 1.12 bits per heavy atom. The molecule has 1 amide bonds. The largest absolute Gasteiger partial charge is 0.387 e. The van der Waals surface area contributed by atoms with Gasteiger partial charge in [0, 0.05) is 11.5 Å². The summed E-state index contributed by atoms with van der Waals surface area (Å²) in [5, 5.41) is 0. The van der Waals surface area contributed by atoms with Crippen molar-refractivity contribution in [2.24, 2.45) is 22.4 Å². The van der Waals surface area contributed by atoms with Crippen LogP contribution in [-0.2, 0) is 0 Å². The molecule has 0 spiro atoms. The molecule has 1 aromatic rings. The van der Waals surface area contributed by atoms with Crippen molar-refractivity contribution in [3.63, 3.8) is 0 Å². The Bertz CT molecular complexity index is 430. The van der Waals surface area contributed by atoms with Crippen molar-refractivity contribution in [3.05, 3.63) is 29.8 Å². The van der Waals surface area contributed by atoms with E-state index in [0.717, 1.165) is 18.5 Å². The number of benzene rings is 1. The van der Waals surface area contributed by atoms with Gasteiger partial charge in [-0.25, -0.2) is 4.99 Å². The highest BCUT2D eigenvalue weighted by Gasteiger charge is 2.18. The maximum atomic E-state index is 10.9. The number of amides is 1. The van der Waals surface area contributed by atoms with Crippen LogP contribution < -0.4 is 11.5 Å². The number of nitrogens with zero attached hydrogens (tertiary/aromatic N) is 1. The minimum atomic E-state index is -0.427. The van der Waals surface area contributed by atoms with Gasteiger partial charge in [-0.2, -0.15) is 0 Å². The molecule has 90 valence electrons. The zero-order chi connectivity index (χ0) is 12.3. The first-order chi connectivity index (χ1) is 8.16. The maximum Gasteiger partial charge on any atom is 0.248 e. The van der Waals surface area contributed by atoms with Crippen LogP contribution in [0.4, 0.5) is 5.69 Å². The highest BCUT2D eigenvalue weighted by atomic mass is 16.1. The van der Waals surface area contributed by atoms with E-state index in [9.17, 15) is 4.79 Å². The van der Waals surface area contributed by atoms with E-state index in [1.807, 2.05) is 0 Å². The van der Waals surface area contributed by atoms with Gasteiger partial charge in [0.25, 0.3) is 0 Å². The molecule has 0 unspecified atom stereocenters. The van der Waals surface area contributed by atoms with Crippen molar-refractivity contribution >= 4 is 17.4 Å². The quantitative estimate of drug-likeness (QED) is 0.616. The van der Waals surface area contributed by atoms with Crippen molar-refractivity contribution in [1.82, 2.24) is 0 Å². The molecule has 0 heterocycles. The van der Waals surface area contributed by atoms with Crippen molar-refractivity contribution < 1.29 is 4.79 Å². The molecule has 1 saturated carbocycles. The molecule has 1 aliphatic rings. The zero-order valence-electron chi connectivity index (χ0n) is 9.73. The van der Waals surface area contributed by atoms with Gasteiger partial charge in [0.15, 0.2) is 0 Å². The molecular formula is C13H17N3O. The second-order valence-electron chi connectivity index (χ2n) is 4.43. The van der Waals surface area contributed by atoms with Gasteiger partial charge in [-0.05, 0) is 37.1 Å². The van der Waals surface area contributed by atoms with E-state index < -0.39 is 5.91 Å². The summed E-state index contributed by atoms with van der Waals surface area (Å²) >= 11 is 0. The average Bonchev–Trinajstić information content (AvgIpc) is 2.83. The highest BCUT2D eigenvalue weighted by molar-refractivity contribution is 5.93. The predicted molar refractivity (Wildman–Crippen MR) is 68.2 cm³/mol. The van der Waals surface area contributed by atoms with Gasteiger partial charge in [0.1, 0.15) is 5.84 Å². The number of carbonyl (C=O) groups is 1. The molecule has 4 nitrogen and oxygen atoms in total. The van der Waals surface area contributed by atoms with Crippen molar-refractivity contribution in [2.45, 2.75) is 25.7 Å². The lowest BCUT2D eigenvalue weighted by atomic mass is 10.1. The van der Waals surface area contributed by atoms with Gasteiger partial charge in [-0.1, -0.05) is 12.8 Å². The minimum absolute atomic E-state index is 0.422. The lowest BCUT2D eigenvalue weighted by Crippen LogP contribution is -2.20. The fourth-order valence-electron chi connectivity index (χ4n) is 2.16. The normalized spacial score (nSPS) is 17.3. The third kappa shape index (κ3) is 2.84. The Hall–Kier alpha value is -1.84. The van der Waals surface area contributed by atoms with Crippen LogP contribution in [0.2, 0.25) is 0 Å². The predicted octanol–water partition coefficient (Wildman–Crippen LogP) is 1.96. The van der Waals surface area contributed by atoms with Gasteiger partial charge >= 0.3 is 0 Å². The number of rotatable bonds is 3. The molecule has 17 heavy (non-hydrogen) atoms. The van der Waals surface area contributed by atoms with E-state index in [4.69, 9.17) is 11.5 Å². The molecular weight excluding hydrogens is 214 g/mol. The van der Waals surface area contributed by atoms with Crippen LogP contribution in [0.1, 0.15) is 36.0 Å². The van der Waals surface area contributed by atoms with E-state index in [1.54, 1.807) is 24.3 Å². The molecule has 0 aliphatic heterocycles. The van der Waals surface area contributed by atoms with Crippen LogP contribution >= 0.6 is 0 Å². The molecule has 4 N–H and O–H groups in total. The van der Waals surface area contributed by atoms with E-state index in [2.05, 4.69) is 4.99 Å². The van der Waals surface area contributed by atoms with Crippen LogP contribution in [-0.4, -0.2) is 11.7 Å². The molecule has 0 bridgehead atoms. The number of nitrogens with two attached hydrogens (primary N) is 2. The number of aliphatic imine (C=N–C) groups is 1. The third-order valence-corrected chi connectivity index (χ3v) is 3.18. The van der Waals surface area contributed by atoms with Gasteiger partial charge < -0.3 is 11.5 Å². The summed E-state index contributed by atoms with van der Waals surface area (Å²) in [7, 11) is 0. The van der Waals surface area contributed by atoms with Crippen LogP contribution in [0, 0.1) is 5.92 Å². The average molecular weight is 231 g/mol. The molecule has 0 atom stereocenters. The smallest absolute Gasteiger partial charge is 0.248 e.